The molecule has 1 heterocycles. The smallest absolute Gasteiger partial charge is 0.261 e. The minimum atomic E-state index is -3.71. The molecule has 0 aliphatic carbocycles. The van der Waals surface area contributed by atoms with Gasteiger partial charge in [-0.2, -0.15) is 0 Å². The number of aryl methyl sites for hydroxylation is 2. The van der Waals surface area contributed by atoms with Gasteiger partial charge in [0.25, 0.3) is 15.9 Å². The fraction of sp³-hybridized carbons (Fsp3) is 0.440. The van der Waals surface area contributed by atoms with E-state index < -0.39 is 10.0 Å². The highest BCUT2D eigenvalue weighted by Gasteiger charge is 2.24. The van der Waals surface area contributed by atoms with Gasteiger partial charge < -0.3 is 10.2 Å². The molecule has 0 unspecified atom stereocenters. The Balaban J connectivity index is 1.55. The van der Waals surface area contributed by atoms with E-state index in [1.165, 1.54) is 0 Å². The van der Waals surface area contributed by atoms with Crippen molar-refractivity contribution in [1.82, 2.24) is 10.2 Å². The molecule has 0 atom stereocenters. The highest BCUT2D eigenvalue weighted by atomic mass is 32.2. The number of anilines is 1. The molecule has 33 heavy (non-hydrogen) atoms. The quantitative estimate of drug-likeness (QED) is 0.641. The highest BCUT2D eigenvalue weighted by Crippen LogP contribution is 2.20. The van der Waals surface area contributed by atoms with E-state index in [2.05, 4.69) is 10.0 Å². The lowest BCUT2D eigenvalue weighted by Crippen LogP contribution is -2.46. The van der Waals surface area contributed by atoms with E-state index in [9.17, 15) is 18.0 Å². The van der Waals surface area contributed by atoms with E-state index in [1.54, 1.807) is 42.5 Å². The van der Waals surface area contributed by atoms with Crippen molar-refractivity contribution in [3.63, 3.8) is 0 Å². The Hall–Kier alpha value is -2.87. The molecule has 2 N–H and O–H groups in total. The molecule has 1 fully saturated rings. The molecule has 0 spiro atoms. The van der Waals surface area contributed by atoms with Gasteiger partial charge in [-0.25, -0.2) is 8.42 Å². The molecule has 2 aromatic rings. The molecule has 1 aliphatic rings. The fourth-order valence-corrected chi connectivity index (χ4v) is 4.95. The largest absolute Gasteiger partial charge is 0.349 e. The number of carbonyl (C=O) groups excluding carboxylic acids is 2. The van der Waals surface area contributed by atoms with Gasteiger partial charge in [0.15, 0.2) is 0 Å². The first-order valence-electron chi connectivity index (χ1n) is 11.3. The van der Waals surface area contributed by atoms with Gasteiger partial charge in [-0.1, -0.05) is 19.9 Å². The predicted octanol–water partition coefficient (Wildman–Crippen LogP) is 3.87. The Morgan fingerprint density at radius 1 is 1.00 bits per heavy atom. The molecule has 178 valence electrons. The molecule has 2 aromatic carbocycles. The lowest BCUT2D eigenvalue weighted by atomic mass is 10.0. The summed E-state index contributed by atoms with van der Waals surface area (Å²) in [7, 11) is -3.71. The van der Waals surface area contributed by atoms with Crippen LogP contribution in [0.15, 0.2) is 47.4 Å². The van der Waals surface area contributed by atoms with E-state index in [0.717, 1.165) is 24.0 Å². The molecule has 3 rings (SSSR count). The van der Waals surface area contributed by atoms with Crippen LogP contribution in [0.5, 0.6) is 0 Å². The summed E-state index contributed by atoms with van der Waals surface area (Å²) in [5.41, 5.74) is 2.78. The Morgan fingerprint density at radius 2 is 1.64 bits per heavy atom. The second kappa shape index (κ2) is 10.4. The number of hydrogen-bond donors (Lipinski definition) is 2. The van der Waals surface area contributed by atoms with Crippen molar-refractivity contribution in [2.45, 2.75) is 57.9 Å². The van der Waals surface area contributed by atoms with Crippen LogP contribution < -0.4 is 10.0 Å². The number of sulfonamides is 1. The summed E-state index contributed by atoms with van der Waals surface area (Å²) in [4.78, 5) is 26.9. The molecule has 8 heteroatoms. The molecule has 2 amide bonds. The molecule has 0 aromatic heterocycles. The van der Waals surface area contributed by atoms with Crippen molar-refractivity contribution in [1.29, 1.82) is 0 Å². The van der Waals surface area contributed by atoms with Gasteiger partial charge in [0.05, 0.1) is 4.90 Å². The maximum absolute atomic E-state index is 12.7. The van der Waals surface area contributed by atoms with Gasteiger partial charge in [-0.15, -0.1) is 0 Å². The average molecular weight is 472 g/mol. The van der Waals surface area contributed by atoms with Crippen LogP contribution in [-0.4, -0.2) is 44.3 Å². The van der Waals surface area contributed by atoms with Gasteiger partial charge >= 0.3 is 0 Å². The normalized spacial score (nSPS) is 14.9. The van der Waals surface area contributed by atoms with Crippen molar-refractivity contribution in [3.8, 4) is 0 Å². The Morgan fingerprint density at radius 3 is 2.21 bits per heavy atom. The number of nitrogens with zero attached hydrogens (tertiary/aromatic N) is 1. The molecule has 1 aliphatic heterocycles. The van der Waals surface area contributed by atoms with Crippen LogP contribution in [0.4, 0.5) is 5.69 Å². The number of piperidine rings is 1. The first-order valence-corrected chi connectivity index (χ1v) is 12.8. The third-order valence-corrected chi connectivity index (χ3v) is 7.33. The van der Waals surface area contributed by atoms with E-state index in [1.807, 2.05) is 32.6 Å². The van der Waals surface area contributed by atoms with Crippen LogP contribution in [0.3, 0.4) is 0 Å². The number of nitrogens with one attached hydrogen (secondary N) is 2. The van der Waals surface area contributed by atoms with Crippen molar-refractivity contribution in [2.75, 3.05) is 17.8 Å². The first kappa shape index (κ1) is 24.8. The number of benzene rings is 2. The van der Waals surface area contributed by atoms with Crippen molar-refractivity contribution >= 4 is 27.5 Å². The topological polar surface area (TPSA) is 95.6 Å². The van der Waals surface area contributed by atoms with Gasteiger partial charge in [0.1, 0.15) is 0 Å². The number of carbonyl (C=O) groups is 2. The van der Waals surface area contributed by atoms with E-state index in [0.29, 0.717) is 36.7 Å². The lowest BCUT2D eigenvalue weighted by molar-refractivity contribution is -0.133. The number of rotatable bonds is 7. The first-order chi connectivity index (χ1) is 15.5. The minimum Gasteiger partial charge on any atom is -0.349 e. The second-order valence-corrected chi connectivity index (χ2v) is 10.8. The molecule has 0 bridgehead atoms. The van der Waals surface area contributed by atoms with Crippen molar-refractivity contribution in [2.24, 2.45) is 5.92 Å². The molecule has 0 saturated carbocycles. The molecular formula is C25H33N3O4S. The SMILES string of the molecule is Cc1ccc(S(=O)(=O)Nc2ccc(C(=O)NC3CCN(C(=O)CC(C)C)CC3)cc2)cc1C. The maximum Gasteiger partial charge on any atom is 0.261 e. The van der Waals surface area contributed by atoms with E-state index >= 15 is 0 Å². The standard InChI is InChI=1S/C25H33N3O4S/c1-17(2)15-24(29)28-13-11-21(12-14-28)26-25(30)20-6-8-22(9-7-20)27-33(31,32)23-10-5-18(3)19(4)16-23/h5-10,16-17,21,27H,11-15H2,1-4H3,(H,26,30). The summed E-state index contributed by atoms with van der Waals surface area (Å²) in [5, 5.41) is 3.02. The van der Waals surface area contributed by atoms with E-state index in [-0.39, 0.29) is 22.8 Å². The summed E-state index contributed by atoms with van der Waals surface area (Å²) in [6.45, 7) is 9.16. The number of amides is 2. The molecule has 0 radical (unpaired) electrons. The van der Waals surface area contributed by atoms with Crippen LogP contribution in [-0.2, 0) is 14.8 Å². The van der Waals surface area contributed by atoms with Crippen LogP contribution >= 0.6 is 0 Å². The number of hydrogen-bond acceptors (Lipinski definition) is 4. The summed E-state index contributed by atoms with van der Waals surface area (Å²) < 4.78 is 27.9. The summed E-state index contributed by atoms with van der Waals surface area (Å²) in [6, 6.07) is 11.4. The van der Waals surface area contributed by atoms with Gasteiger partial charge in [0, 0.05) is 36.8 Å². The Labute approximate surface area is 196 Å². The second-order valence-electron chi connectivity index (χ2n) is 9.16. The fourth-order valence-electron chi connectivity index (χ4n) is 3.81. The summed E-state index contributed by atoms with van der Waals surface area (Å²) >= 11 is 0. The Kier molecular flexibility index (Phi) is 7.79. The zero-order chi connectivity index (χ0) is 24.2. The highest BCUT2D eigenvalue weighted by molar-refractivity contribution is 7.92. The molecule has 7 nitrogen and oxygen atoms in total. The van der Waals surface area contributed by atoms with E-state index in [4.69, 9.17) is 0 Å². The van der Waals surface area contributed by atoms with Gasteiger partial charge in [-0.3, -0.25) is 14.3 Å². The maximum atomic E-state index is 12.7. The predicted molar refractivity (Wildman–Crippen MR) is 130 cm³/mol. The third kappa shape index (κ3) is 6.57. The zero-order valence-corrected chi connectivity index (χ0v) is 20.5. The monoisotopic (exact) mass is 471 g/mol. The zero-order valence-electron chi connectivity index (χ0n) is 19.7. The molecule has 1 saturated heterocycles. The van der Waals surface area contributed by atoms with Crippen LogP contribution in [0.2, 0.25) is 0 Å². The summed E-state index contributed by atoms with van der Waals surface area (Å²) in [6.07, 6.45) is 2.00. The van der Waals surface area contributed by atoms with Crippen molar-refractivity contribution < 1.29 is 18.0 Å². The molecular weight excluding hydrogens is 438 g/mol. The minimum absolute atomic E-state index is 0.0172. The van der Waals surface area contributed by atoms with Gasteiger partial charge in [-0.05, 0) is 80.1 Å². The van der Waals surface area contributed by atoms with Crippen LogP contribution in [0, 0.1) is 19.8 Å². The average Bonchev–Trinajstić information content (AvgIpc) is 2.75. The van der Waals surface area contributed by atoms with Crippen molar-refractivity contribution in [3.05, 3.63) is 59.2 Å². The Bertz CT molecular complexity index is 1100. The number of likely N-dealkylation sites (tertiary alicyclic amines) is 1. The van der Waals surface area contributed by atoms with Crippen LogP contribution in [0.1, 0.15) is 54.6 Å². The van der Waals surface area contributed by atoms with Crippen LogP contribution in [0.25, 0.3) is 0 Å². The van der Waals surface area contributed by atoms with Gasteiger partial charge in [0.2, 0.25) is 5.91 Å². The third-order valence-electron chi connectivity index (χ3n) is 5.95. The lowest BCUT2D eigenvalue weighted by Gasteiger charge is -2.32. The summed E-state index contributed by atoms with van der Waals surface area (Å²) in [5.74, 6) is 0.308.